The monoisotopic (exact) mass is 223 g/mol. The Morgan fingerprint density at radius 3 is 2.50 bits per heavy atom. The van der Waals surface area contributed by atoms with E-state index >= 15 is 0 Å². The first-order valence-corrected chi connectivity index (χ1v) is 5.07. The van der Waals surface area contributed by atoms with Crippen LogP contribution in [0.3, 0.4) is 0 Å². The topological polar surface area (TPSA) is 12.0 Å². The van der Waals surface area contributed by atoms with Gasteiger partial charge in [-0.15, -0.1) is 0 Å². The molecule has 0 heterocycles. The smallest absolute Gasteiger partial charge is 0.135 e. The summed E-state index contributed by atoms with van der Waals surface area (Å²) in [7, 11) is 1.71. The van der Waals surface area contributed by atoms with Gasteiger partial charge in [0.15, 0.2) is 0 Å². The fraction of sp³-hybridized carbons (Fsp3) is 0.231. The molecule has 0 aliphatic rings. The van der Waals surface area contributed by atoms with Crippen molar-refractivity contribution in [1.82, 2.24) is 5.32 Å². The van der Waals surface area contributed by atoms with E-state index in [0.29, 0.717) is 16.8 Å². The molecular weight excluding hydrogens is 208 g/mol. The van der Waals surface area contributed by atoms with Crippen LogP contribution in [0.1, 0.15) is 18.1 Å². The lowest BCUT2D eigenvalue weighted by Gasteiger charge is -2.11. The summed E-state index contributed by atoms with van der Waals surface area (Å²) in [6.45, 7) is 3.56. The Kier molecular flexibility index (Phi) is 4.23. The van der Waals surface area contributed by atoms with Gasteiger partial charge in [0.1, 0.15) is 11.6 Å². The summed E-state index contributed by atoms with van der Waals surface area (Å²) in [5.41, 5.74) is 1.61. The first-order valence-electron chi connectivity index (χ1n) is 5.07. The predicted molar refractivity (Wildman–Crippen MR) is 62.9 cm³/mol. The molecule has 3 heteroatoms. The van der Waals surface area contributed by atoms with Crippen molar-refractivity contribution in [2.45, 2.75) is 13.8 Å². The molecule has 0 unspecified atom stereocenters. The summed E-state index contributed by atoms with van der Waals surface area (Å²) < 4.78 is 26.6. The maximum Gasteiger partial charge on any atom is 0.135 e. The van der Waals surface area contributed by atoms with Gasteiger partial charge in [0.05, 0.1) is 0 Å². The Balaban J connectivity index is 3.30. The predicted octanol–water partition coefficient (Wildman–Crippen LogP) is 3.41. The molecule has 16 heavy (non-hydrogen) atoms. The molecule has 0 fully saturated rings. The Morgan fingerprint density at radius 2 is 2.00 bits per heavy atom. The van der Waals surface area contributed by atoms with Crippen molar-refractivity contribution in [3.8, 4) is 0 Å². The summed E-state index contributed by atoms with van der Waals surface area (Å²) in [6.07, 6.45) is 5.39. The van der Waals surface area contributed by atoms with Crippen LogP contribution in [-0.2, 0) is 0 Å². The first kappa shape index (κ1) is 12.4. The number of allylic oxidation sites excluding steroid dienone is 3. The van der Waals surface area contributed by atoms with Gasteiger partial charge in [0.2, 0.25) is 0 Å². The largest absolute Gasteiger partial charge is 0.388 e. The summed E-state index contributed by atoms with van der Waals surface area (Å²) in [5, 5.41) is 2.90. The normalized spacial score (nSPS) is 12.2. The van der Waals surface area contributed by atoms with Gasteiger partial charge in [-0.1, -0.05) is 12.2 Å². The molecule has 0 saturated heterocycles. The van der Waals surface area contributed by atoms with Crippen LogP contribution >= 0.6 is 0 Å². The van der Waals surface area contributed by atoms with Crippen LogP contribution in [-0.4, -0.2) is 7.05 Å². The fourth-order valence-corrected chi connectivity index (χ4v) is 1.53. The second-order valence-corrected chi connectivity index (χ2v) is 3.44. The van der Waals surface area contributed by atoms with Crippen LogP contribution in [0.15, 0.2) is 30.4 Å². The number of hydrogen-bond acceptors (Lipinski definition) is 1. The summed E-state index contributed by atoms with van der Waals surface area (Å²) in [6, 6.07) is 2.21. The Morgan fingerprint density at radius 1 is 1.31 bits per heavy atom. The molecule has 0 aliphatic carbocycles. The molecular formula is C13H15F2N. The zero-order valence-electron chi connectivity index (χ0n) is 9.64. The van der Waals surface area contributed by atoms with Crippen molar-refractivity contribution in [1.29, 1.82) is 0 Å². The Labute approximate surface area is 94.5 Å². The highest BCUT2D eigenvalue weighted by molar-refractivity contribution is 5.68. The number of benzene rings is 1. The maximum atomic E-state index is 13.6. The lowest BCUT2D eigenvalue weighted by atomic mass is 10.0. The summed E-state index contributed by atoms with van der Waals surface area (Å²) >= 11 is 0. The van der Waals surface area contributed by atoms with Crippen molar-refractivity contribution in [3.63, 3.8) is 0 Å². The first-order chi connectivity index (χ1) is 7.60. The van der Waals surface area contributed by atoms with Gasteiger partial charge < -0.3 is 5.32 Å². The van der Waals surface area contributed by atoms with E-state index in [2.05, 4.69) is 5.32 Å². The minimum Gasteiger partial charge on any atom is -0.388 e. The molecule has 0 spiro atoms. The summed E-state index contributed by atoms with van der Waals surface area (Å²) in [4.78, 5) is 0. The quantitative estimate of drug-likeness (QED) is 0.774. The zero-order chi connectivity index (χ0) is 12.1. The molecule has 0 aliphatic heterocycles. The standard InChI is InChI=1S/C13H15F2N/c1-4-5-6-12(16-3)13-9(2)7-10(14)8-11(13)15/h4-8,16H,1-3H3/b5-4-,12-6-. The molecule has 0 bridgehead atoms. The van der Waals surface area contributed by atoms with Crippen LogP contribution < -0.4 is 5.32 Å². The van der Waals surface area contributed by atoms with Crippen molar-refractivity contribution < 1.29 is 8.78 Å². The van der Waals surface area contributed by atoms with E-state index in [0.717, 1.165) is 6.07 Å². The average Bonchev–Trinajstić information content (AvgIpc) is 2.21. The van der Waals surface area contributed by atoms with E-state index in [1.165, 1.54) is 6.07 Å². The second-order valence-electron chi connectivity index (χ2n) is 3.44. The highest BCUT2D eigenvalue weighted by atomic mass is 19.1. The van der Waals surface area contributed by atoms with E-state index < -0.39 is 11.6 Å². The van der Waals surface area contributed by atoms with Crippen LogP contribution in [0, 0.1) is 18.6 Å². The van der Waals surface area contributed by atoms with Crippen LogP contribution in [0.25, 0.3) is 5.70 Å². The number of halogens is 2. The number of nitrogens with one attached hydrogen (secondary N) is 1. The van der Waals surface area contributed by atoms with E-state index in [1.54, 1.807) is 26.1 Å². The molecule has 0 radical (unpaired) electrons. The van der Waals surface area contributed by atoms with E-state index in [9.17, 15) is 8.78 Å². The molecule has 1 nitrogen and oxygen atoms in total. The Hall–Kier alpha value is -1.64. The van der Waals surface area contributed by atoms with Gasteiger partial charge in [0.25, 0.3) is 0 Å². The van der Waals surface area contributed by atoms with Gasteiger partial charge >= 0.3 is 0 Å². The molecule has 1 N–H and O–H groups in total. The fourth-order valence-electron chi connectivity index (χ4n) is 1.53. The average molecular weight is 223 g/mol. The zero-order valence-corrected chi connectivity index (χ0v) is 9.64. The van der Waals surface area contributed by atoms with E-state index in [-0.39, 0.29) is 0 Å². The second kappa shape index (κ2) is 5.45. The number of rotatable bonds is 3. The number of aryl methyl sites for hydroxylation is 1. The highest BCUT2D eigenvalue weighted by Gasteiger charge is 2.11. The van der Waals surface area contributed by atoms with Gasteiger partial charge in [-0.05, 0) is 31.6 Å². The van der Waals surface area contributed by atoms with Crippen LogP contribution in [0.5, 0.6) is 0 Å². The molecule has 1 aromatic rings. The highest BCUT2D eigenvalue weighted by Crippen LogP contribution is 2.21. The van der Waals surface area contributed by atoms with E-state index in [1.807, 2.05) is 13.0 Å². The van der Waals surface area contributed by atoms with Gasteiger partial charge in [-0.25, -0.2) is 8.78 Å². The minimum atomic E-state index is -0.555. The molecule has 1 aromatic carbocycles. The van der Waals surface area contributed by atoms with Crippen molar-refractivity contribution in [2.75, 3.05) is 7.05 Å². The molecule has 0 saturated carbocycles. The maximum absolute atomic E-state index is 13.6. The molecule has 0 atom stereocenters. The molecule has 86 valence electrons. The van der Waals surface area contributed by atoms with E-state index in [4.69, 9.17) is 0 Å². The third kappa shape index (κ3) is 2.69. The van der Waals surface area contributed by atoms with Gasteiger partial charge in [0, 0.05) is 24.4 Å². The van der Waals surface area contributed by atoms with Crippen LogP contribution in [0.4, 0.5) is 8.78 Å². The van der Waals surface area contributed by atoms with Crippen molar-refractivity contribution in [2.24, 2.45) is 0 Å². The van der Waals surface area contributed by atoms with Gasteiger partial charge in [-0.3, -0.25) is 0 Å². The molecule has 0 amide bonds. The summed E-state index contributed by atoms with van der Waals surface area (Å²) in [5.74, 6) is -1.11. The Bertz CT molecular complexity index is 411. The lowest BCUT2D eigenvalue weighted by molar-refractivity contribution is 0.578. The van der Waals surface area contributed by atoms with Gasteiger partial charge in [-0.2, -0.15) is 0 Å². The van der Waals surface area contributed by atoms with Crippen molar-refractivity contribution in [3.05, 3.63) is 53.1 Å². The van der Waals surface area contributed by atoms with Crippen LogP contribution in [0.2, 0.25) is 0 Å². The SMILES string of the molecule is C/C=C\C=C(/NC)c1c(C)cc(F)cc1F. The molecule has 1 rings (SSSR count). The number of hydrogen-bond donors (Lipinski definition) is 1. The third-order valence-electron chi connectivity index (χ3n) is 2.25. The molecule has 0 aromatic heterocycles. The lowest BCUT2D eigenvalue weighted by Crippen LogP contribution is -2.08. The third-order valence-corrected chi connectivity index (χ3v) is 2.25. The van der Waals surface area contributed by atoms with Crippen molar-refractivity contribution >= 4 is 5.70 Å². The minimum absolute atomic E-state index is 0.405.